The van der Waals surface area contributed by atoms with Gasteiger partial charge in [-0.3, -0.25) is 10.1 Å². The van der Waals surface area contributed by atoms with Crippen molar-refractivity contribution in [2.24, 2.45) is 5.92 Å². The van der Waals surface area contributed by atoms with Gasteiger partial charge in [0.25, 0.3) is 0 Å². The highest BCUT2D eigenvalue weighted by Gasteiger charge is 2.35. The summed E-state index contributed by atoms with van der Waals surface area (Å²) in [6.45, 7) is 1.38. The fourth-order valence-electron chi connectivity index (χ4n) is 3.11. The normalized spacial score (nSPS) is 20.8. The van der Waals surface area contributed by atoms with Crippen LogP contribution in [0.2, 0.25) is 0 Å². The summed E-state index contributed by atoms with van der Waals surface area (Å²) < 4.78 is 0. The van der Waals surface area contributed by atoms with Crippen molar-refractivity contribution in [2.75, 3.05) is 18.4 Å². The summed E-state index contributed by atoms with van der Waals surface area (Å²) in [5.74, 6) is 0.868. The van der Waals surface area contributed by atoms with Gasteiger partial charge in [0.2, 0.25) is 5.91 Å². The van der Waals surface area contributed by atoms with E-state index in [4.69, 9.17) is 0 Å². The fourth-order valence-corrected chi connectivity index (χ4v) is 3.11. The lowest BCUT2D eigenvalue weighted by Gasteiger charge is -2.33. The molecule has 1 aliphatic carbocycles. The van der Waals surface area contributed by atoms with Crippen LogP contribution in [0.3, 0.4) is 0 Å². The van der Waals surface area contributed by atoms with Crippen molar-refractivity contribution in [3.05, 3.63) is 18.5 Å². The predicted molar refractivity (Wildman–Crippen MR) is 88.4 cm³/mol. The number of amides is 3. The molecule has 8 nitrogen and oxygen atoms in total. The Morgan fingerprint density at radius 1 is 1.29 bits per heavy atom. The molecule has 2 aliphatic rings. The summed E-state index contributed by atoms with van der Waals surface area (Å²) in [4.78, 5) is 37.7. The Kier molecular flexibility index (Phi) is 3.79. The van der Waals surface area contributed by atoms with Crippen molar-refractivity contribution in [1.82, 2.24) is 25.2 Å². The highest BCUT2D eigenvalue weighted by molar-refractivity contribution is 5.89. The number of carbonyl (C=O) groups excluding carboxylic acids is 2. The highest BCUT2D eigenvalue weighted by atomic mass is 16.2. The summed E-state index contributed by atoms with van der Waals surface area (Å²) in [6.07, 6.45) is 7.08. The number of fused-ring (bicyclic) bond motifs is 1. The van der Waals surface area contributed by atoms with E-state index < -0.39 is 0 Å². The van der Waals surface area contributed by atoms with Crippen LogP contribution in [0, 0.1) is 5.92 Å². The molecule has 2 aromatic heterocycles. The number of anilines is 1. The molecule has 1 saturated carbocycles. The van der Waals surface area contributed by atoms with E-state index in [1.165, 1.54) is 6.20 Å². The van der Waals surface area contributed by atoms with Gasteiger partial charge in [-0.2, -0.15) is 0 Å². The van der Waals surface area contributed by atoms with E-state index in [0.717, 1.165) is 32.2 Å². The van der Waals surface area contributed by atoms with Gasteiger partial charge in [0.1, 0.15) is 5.52 Å². The first-order chi connectivity index (χ1) is 11.7. The second kappa shape index (κ2) is 6.10. The van der Waals surface area contributed by atoms with Gasteiger partial charge >= 0.3 is 6.03 Å². The maximum Gasteiger partial charge on any atom is 0.320 e. The monoisotopic (exact) mass is 328 g/mol. The third-order valence-electron chi connectivity index (χ3n) is 4.50. The summed E-state index contributed by atoms with van der Waals surface area (Å²) in [7, 11) is 0. The maximum absolute atomic E-state index is 12.2. The third-order valence-corrected chi connectivity index (χ3v) is 4.50. The molecule has 3 amide bonds. The van der Waals surface area contributed by atoms with Crippen LogP contribution >= 0.6 is 0 Å². The number of aromatic amines is 1. The first-order valence-corrected chi connectivity index (χ1v) is 8.35. The molecule has 1 unspecified atom stereocenters. The Bertz CT molecular complexity index is 769. The number of piperidine rings is 1. The topological polar surface area (TPSA) is 103 Å². The van der Waals surface area contributed by atoms with E-state index in [1.807, 2.05) is 4.90 Å². The first-order valence-electron chi connectivity index (χ1n) is 8.35. The summed E-state index contributed by atoms with van der Waals surface area (Å²) in [5.41, 5.74) is 1.38. The number of nitrogens with zero attached hydrogens (tertiary/aromatic N) is 3. The molecule has 1 aliphatic heterocycles. The van der Waals surface area contributed by atoms with Crippen molar-refractivity contribution in [1.29, 1.82) is 0 Å². The average Bonchev–Trinajstić information content (AvgIpc) is 3.32. The minimum absolute atomic E-state index is 0.0228. The van der Waals surface area contributed by atoms with Crippen molar-refractivity contribution < 1.29 is 9.59 Å². The number of hydrogen-bond acceptors (Lipinski definition) is 4. The number of hydrogen-bond donors (Lipinski definition) is 3. The van der Waals surface area contributed by atoms with Crippen molar-refractivity contribution in [3.63, 3.8) is 0 Å². The van der Waals surface area contributed by atoms with Gasteiger partial charge in [-0.1, -0.05) is 0 Å². The number of carbonyl (C=O) groups is 2. The molecule has 24 heavy (non-hydrogen) atoms. The SMILES string of the molecule is O=C(Nc1cnc2[nH]ccc2n1)NC1CCCN(C(=O)C2CC2)C1. The third kappa shape index (κ3) is 3.17. The fraction of sp³-hybridized carbons (Fsp3) is 0.500. The van der Waals surface area contributed by atoms with Gasteiger partial charge in [0, 0.05) is 31.2 Å². The molecule has 126 valence electrons. The molecule has 1 atom stereocenters. The van der Waals surface area contributed by atoms with Gasteiger partial charge < -0.3 is 15.2 Å². The van der Waals surface area contributed by atoms with Crippen LogP contribution in [0.4, 0.5) is 10.6 Å². The molecule has 0 aromatic carbocycles. The molecule has 3 heterocycles. The molecule has 3 N–H and O–H groups in total. The minimum Gasteiger partial charge on any atom is -0.345 e. The van der Waals surface area contributed by atoms with Gasteiger partial charge in [0.05, 0.1) is 6.20 Å². The predicted octanol–water partition coefficient (Wildman–Crippen LogP) is 1.48. The lowest BCUT2D eigenvalue weighted by atomic mass is 10.1. The molecule has 1 saturated heterocycles. The second-order valence-corrected chi connectivity index (χ2v) is 6.46. The van der Waals surface area contributed by atoms with Crippen molar-refractivity contribution in [2.45, 2.75) is 31.7 Å². The van der Waals surface area contributed by atoms with Crippen LogP contribution in [0.15, 0.2) is 18.5 Å². The Hall–Kier alpha value is -2.64. The van der Waals surface area contributed by atoms with Crippen LogP contribution in [0.1, 0.15) is 25.7 Å². The van der Waals surface area contributed by atoms with Crippen LogP contribution in [0.5, 0.6) is 0 Å². The molecule has 0 radical (unpaired) electrons. The van der Waals surface area contributed by atoms with E-state index in [9.17, 15) is 9.59 Å². The van der Waals surface area contributed by atoms with E-state index in [-0.39, 0.29) is 23.9 Å². The first kappa shape index (κ1) is 14.9. The lowest BCUT2D eigenvalue weighted by Crippen LogP contribution is -2.51. The van der Waals surface area contributed by atoms with Gasteiger partial charge in [-0.15, -0.1) is 0 Å². The van der Waals surface area contributed by atoms with E-state index in [1.54, 1.807) is 12.3 Å². The molecule has 4 rings (SSSR count). The van der Waals surface area contributed by atoms with Gasteiger partial charge in [-0.05, 0) is 31.7 Å². The standard InChI is InChI=1S/C16H20N6O2/c23-15(10-3-4-10)22-7-1-2-11(9-22)19-16(24)21-13-8-18-14-12(20-13)5-6-17-14/h5-6,8,10-11H,1-4,7,9H2,(H,17,18)(H2,19,20,21,24). The summed E-state index contributed by atoms with van der Waals surface area (Å²) >= 11 is 0. The van der Waals surface area contributed by atoms with E-state index in [0.29, 0.717) is 23.5 Å². The number of urea groups is 1. The van der Waals surface area contributed by atoms with Crippen LogP contribution in [-0.4, -0.2) is 50.9 Å². The second-order valence-electron chi connectivity index (χ2n) is 6.46. The summed E-state index contributed by atoms with van der Waals surface area (Å²) in [6, 6.07) is 1.46. The van der Waals surface area contributed by atoms with Crippen molar-refractivity contribution >= 4 is 28.9 Å². The Morgan fingerprint density at radius 2 is 2.17 bits per heavy atom. The number of aromatic nitrogens is 3. The van der Waals surface area contributed by atoms with Crippen molar-refractivity contribution in [3.8, 4) is 0 Å². The van der Waals surface area contributed by atoms with Gasteiger partial charge in [0.15, 0.2) is 11.5 Å². The maximum atomic E-state index is 12.2. The van der Waals surface area contributed by atoms with Crippen LogP contribution in [-0.2, 0) is 4.79 Å². The number of rotatable bonds is 3. The smallest absolute Gasteiger partial charge is 0.320 e. The molecule has 2 fully saturated rings. The quantitative estimate of drug-likeness (QED) is 0.794. The van der Waals surface area contributed by atoms with Crippen LogP contribution < -0.4 is 10.6 Å². The average molecular weight is 328 g/mol. The number of H-pyrrole nitrogens is 1. The zero-order valence-electron chi connectivity index (χ0n) is 13.3. The number of likely N-dealkylation sites (tertiary alicyclic amines) is 1. The minimum atomic E-state index is -0.315. The zero-order chi connectivity index (χ0) is 16.5. The van der Waals surface area contributed by atoms with Gasteiger partial charge in [-0.25, -0.2) is 14.8 Å². The Morgan fingerprint density at radius 3 is 3.00 bits per heavy atom. The Labute approximate surface area is 139 Å². The largest absolute Gasteiger partial charge is 0.345 e. The molecule has 0 bridgehead atoms. The molecule has 0 spiro atoms. The summed E-state index contributed by atoms with van der Waals surface area (Å²) in [5, 5.41) is 5.64. The van der Waals surface area contributed by atoms with Crippen LogP contribution in [0.25, 0.3) is 11.2 Å². The zero-order valence-corrected chi connectivity index (χ0v) is 13.3. The number of nitrogens with one attached hydrogen (secondary N) is 3. The Balaban J connectivity index is 1.33. The molecular formula is C16H20N6O2. The molecule has 2 aromatic rings. The van der Waals surface area contributed by atoms with E-state index in [2.05, 4.69) is 25.6 Å². The molecule has 8 heteroatoms. The van der Waals surface area contributed by atoms with E-state index >= 15 is 0 Å². The lowest BCUT2D eigenvalue weighted by molar-refractivity contribution is -0.133. The highest BCUT2D eigenvalue weighted by Crippen LogP contribution is 2.31. The molecular weight excluding hydrogens is 308 g/mol.